The minimum atomic E-state index is -2.16. The molecule has 0 atom stereocenters. The summed E-state index contributed by atoms with van der Waals surface area (Å²) < 4.78 is 147. The van der Waals surface area contributed by atoms with E-state index in [0.717, 1.165) is 0 Å². The molecule has 1 N–H and O–H groups in total. The first-order chi connectivity index (χ1) is 48.3. The number of epoxide rings is 1. The van der Waals surface area contributed by atoms with Crippen molar-refractivity contribution in [3.8, 4) is 0 Å². The van der Waals surface area contributed by atoms with E-state index in [1.54, 1.807) is 0 Å². The molecule has 68 heteroatoms. The minimum Gasteiger partial charge on any atom is -0.846 e. The molecule has 0 unspecified atom stereocenters. The number of carbonyl (C=O) groups is 26. The molecule has 0 spiro atoms. The second kappa shape index (κ2) is 193. The summed E-state index contributed by atoms with van der Waals surface area (Å²) in [5.74, 6) is -11.6. The molecule has 1 saturated heterocycles. The van der Waals surface area contributed by atoms with E-state index in [1.165, 1.54) is 0 Å². The van der Waals surface area contributed by atoms with Gasteiger partial charge in [-0.1, -0.05) is 262 Å². The standard InChI is InChI=1S/C7H5FO11.C6H4FO9.4C4H3FO7.C3H4O4.C2H2O2.2CHFO3.34CH4/c8-19-7(14)18-4(10)2-16-6(13)17-3(9)1-15-5(11)12;7-16-6(12)15-4(10)2-13-5(11)14-3(9)1-8;4*5-12-4(9)11-2(6)1-10-3(7)8;4-1-2-7-3(5)6;3-2-1-4-2;2*2-5-1(3)4;;;;;;;;;;;;;;;;;;;;;;;;;;;;;;;;;;/h1-2H2,(H,11,12);1-2H2;4*1H2,(H,7,8);1H,2H2,(H,5,6);1H2;2*(H,3,4);34*1H4/q;-1;;;;;;;;;;;;;;;;;;;;;;;;;;;;;;;;;;;;;;;;;;/p-7. The highest BCUT2D eigenvalue weighted by Gasteiger charge is 2.20. The van der Waals surface area contributed by atoms with Gasteiger partial charge in [-0.3, -0.25) is 9.59 Å². The van der Waals surface area contributed by atoms with Crippen LogP contribution in [0.1, 0.15) is 253 Å². The highest BCUT2D eigenvalue weighted by atomic mass is 19.3. The third-order valence-corrected chi connectivity index (χ3v) is 4.89. The third-order valence-electron chi connectivity index (χ3n) is 4.89. The van der Waals surface area contributed by atoms with E-state index in [1.807, 2.05) is 0 Å². The molecule has 1 aliphatic heterocycles. The Morgan fingerprint density at radius 3 is 0.449 bits per heavy atom. The number of rotatable bonds is 17. The van der Waals surface area contributed by atoms with Crippen LogP contribution in [0.3, 0.4) is 0 Å². The summed E-state index contributed by atoms with van der Waals surface area (Å²) in [6.45, 7) is -9.09. The van der Waals surface area contributed by atoms with E-state index in [9.17, 15) is 182 Å². The van der Waals surface area contributed by atoms with E-state index in [4.69, 9.17) is 24.9 Å². The molecule has 1 fully saturated rings. The number of aldehydes is 1. The van der Waals surface area contributed by atoms with Crippen molar-refractivity contribution in [2.24, 2.45) is 0 Å². The van der Waals surface area contributed by atoms with Crippen molar-refractivity contribution in [1.29, 1.82) is 0 Å². The maximum atomic E-state index is 11.1. The molecule has 0 radical (unpaired) electrons. The molecule has 60 nitrogen and oxygen atoms in total. The summed E-state index contributed by atoms with van der Waals surface area (Å²) in [4.78, 5) is 275. The Morgan fingerprint density at radius 2 is 0.362 bits per heavy atom. The van der Waals surface area contributed by atoms with Crippen molar-refractivity contribution in [1.82, 2.24) is 0 Å². The first-order valence-electron chi connectivity index (χ1n) is 21.4. The summed E-state index contributed by atoms with van der Waals surface area (Å²) in [7, 11) is 0. The highest BCUT2D eigenvalue weighted by Crippen LogP contribution is 1.96. The zero-order valence-corrected chi connectivity index (χ0v) is 47.7. The number of halogens is 8. The molecule has 0 saturated carbocycles. The Balaban J connectivity index is -0.0000000176. The molecule has 1 rings (SSSR count). The fourth-order valence-electron chi connectivity index (χ4n) is 2.09. The maximum Gasteiger partial charge on any atom is 0.553 e. The second-order valence-electron chi connectivity index (χ2n) is 11.7. The maximum absolute atomic E-state index is 11.1. The first-order valence-corrected chi connectivity index (χ1v) is 21.4. The van der Waals surface area contributed by atoms with Gasteiger partial charge in [0.15, 0.2) is 32.7 Å². The van der Waals surface area contributed by atoms with Crippen molar-refractivity contribution in [2.75, 3.05) is 66.1 Å². The van der Waals surface area contributed by atoms with Gasteiger partial charge in [0, 0.05) is 27.2 Å². The predicted molar refractivity (Wildman–Crippen MR) is 454 cm³/mol. The topological polar surface area (TPSA) is 883 Å². The van der Waals surface area contributed by atoms with Gasteiger partial charge in [0.2, 0.25) is 0 Å². The number of carboxylic acid groups (broad SMARTS) is 8. The van der Waals surface area contributed by atoms with Gasteiger partial charge in [-0.25, -0.2) is 82.4 Å². The Labute approximate surface area is 802 Å². The monoisotopic (exact) mass is 2110 g/mol. The molecule has 1 heterocycles. The van der Waals surface area contributed by atoms with Crippen molar-refractivity contribution in [2.45, 2.75) is 253 Å². The average molecular weight is 2110 g/mol. The molecule has 0 aromatic rings. The van der Waals surface area contributed by atoms with Gasteiger partial charge < -0.3 is 170 Å². The normalized spacial score (nSPS) is 6.60. The lowest BCUT2D eigenvalue weighted by Gasteiger charge is -2.06. The summed E-state index contributed by atoms with van der Waals surface area (Å²) in [5.41, 5.74) is 0. The fraction of sp³-hybridized carbons (Fsp3) is 0.629. The second-order valence-corrected chi connectivity index (χ2v) is 11.7. The van der Waals surface area contributed by atoms with Crippen LogP contribution in [-0.4, -0.2) is 230 Å². The Kier molecular flexibility index (Phi) is 401. The number of cyclic esters (lactones) is 1. The van der Waals surface area contributed by atoms with Crippen molar-refractivity contribution in [3.05, 3.63) is 0 Å². The molecule has 1 aliphatic rings. The lowest BCUT2D eigenvalue weighted by atomic mass is 10.7. The van der Waals surface area contributed by atoms with Gasteiger partial charge >= 0.3 is 103 Å². The molecular weight excluding hydrogens is 1950 g/mol. The van der Waals surface area contributed by atoms with Crippen molar-refractivity contribution >= 4 is 158 Å². The molecule has 862 valence electrons. The predicted octanol–water partition coefficient (Wildman–Crippen LogP) is 12.3. The third kappa shape index (κ3) is 294. The number of ether oxygens (including phenoxy) is 17. The molecule has 0 aromatic heterocycles. The van der Waals surface area contributed by atoms with E-state index in [-0.39, 0.29) is 265 Å². The van der Waals surface area contributed by atoms with Crippen molar-refractivity contribution in [3.63, 3.8) is 0 Å². The molecule has 0 aliphatic carbocycles. The van der Waals surface area contributed by atoms with E-state index in [0.29, 0.717) is 12.9 Å². The molecule has 0 amide bonds. The van der Waals surface area contributed by atoms with Crippen LogP contribution >= 0.6 is 0 Å². The van der Waals surface area contributed by atoms with Crippen LogP contribution in [0.25, 0.3) is 0 Å². The molecular formula is C70H158F8O60-8. The largest absolute Gasteiger partial charge is 0.846 e. The smallest absolute Gasteiger partial charge is 0.553 e. The van der Waals surface area contributed by atoms with Crippen LogP contribution in [0.2, 0.25) is 0 Å². The quantitative estimate of drug-likeness (QED) is 0.0353. The van der Waals surface area contributed by atoms with Gasteiger partial charge in [0.25, 0.3) is 49.1 Å². The number of hydrogen-bond donors (Lipinski definition) is 1. The number of esters is 8. The van der Waals surface area contributed by atoms with Crippen LogP contribution in [0.5, 0.6) is 0 Å². The van der Waals surface area contributed by atoms with Gasteiger partial charge in [0.1, 0.15) is 33.0 Å². The fourth-order valence-corrected chi connectivity index (χ4v) is 2.09. The molecule has 0 aromatic carbocycles. The summed E-state index contributed by atoms with van der Waals surface area (Å²) in [6, 6.07) is 0. The highest BCUT2D eigenvalue weighted by molar-refractivity contribution is 5.88. The first kappa shape index (κ1) is 286. The SMILES string of the molecule is C.C.C.C.C.C.C.C.C.C.C.C.C.C.C.C.C.C.C.C.C.C.C.C.C.C.C.C.C.C.C.C.C.C.O=C(COC(=O)OC(=O)C[O-])OC(=O)OF.O=C([O-])OCC(=O)OC(=O)OCC(=O)OC(=O)OF.O=C([O-])OCC(=O)OC(=O)OF.O=C([O-])OCC(=O)OC(=O)OF.O=C([O-])OCC(=O)OC(=O)OF.O=C([O-])OCC(=O)OC(=O)OF.O=C([O-])OF.O=C([O-])OF.O=C1CO1.O=CCOC(=O)O. The van der Waals surface area contributed by atoms with Crippen LogP contribution in [-0.2, 0) is 168 Å². The Hall–Kier alpha value is -15.8. The summed E-state index contributed by atoms with van der Waals surface area (Å²) in [6.07, 6.45) is -30.2. The average Bonchev–Trinajstić information content (AvgIpc) is 1.68. The zero-order chi connectivity index (χ0) is 82.9. The lowest BCUT2D eigenvalue weighted by Crippen LogP contribution is -2.28. The van der Waals surface area contributed by atoms with Gasteiger partial charge in [0.05, 0.1) is 0 Å². The van der Waals surface area contributed by atoms with E-state index < -0.39 is 199 Å². The van der Waals surface area contributed by atoms with Crippen LogP contribution in [0.15, 0.2) is 0 Å². The Morgan fingerprint density at radius 1 is 0.239 bits per heavy atom. The van der Waals surface area contributed by atoms with E-state index >= 15 is 0 Å². The summed E-state index contributed by atoms with van der Waals surface area (Å²) in [5, 5.41) is 82.6. The molecule has 0 bridgehead atoms. The van der Waals surface area contributed by atoms with Crippen molar-refractivity contribution < 1.29 is 327 Å². The molecule has 138 heavy (non-hydrogen) atoms. The zero-order valence-electron chi connectivity index (χ0n) is 47.7. The number of carbonyl (C=O) groups excluding carboxylic acids is 25. The lowest BCUT2D eigenvalue weighted by molar-refractivity contribution is -0.358. The van der Waals surface area contributed by atoms with Crippen LogP contribution in [0.4, 0.5) is 113 Å². The van der Waals surface area contributed by atoms with Crippen LogP contribution in [0, 0.1) is 0 Å². The van der Waals surface area contributed by atoms with Gasteiger partial charge in [-0.15, -0.1) is 0 Å². The number of hydrogen-bond acceptors (Lipinski definition) is 59. The van der Waals surface area contributed by atoms with Crippen LogP contribution < -0.4 is 40.9 Å². The summed E-state index contributed by atoms with van der Waals surface area (Å²) >= 11 is 0. The van der Waals surface area contributed by atoms with E-state index in [2.05, 4.69) is 120 Å². The van der Waals surface area contributed by atoms with Gasteiger partial charge in [-0.2, -0.15) is 28.8 Å². The minimum absolute atomic E-state index is 0. The van der Waals surface area contributed by atoms with Gasteiger partial charge in [-0.05, 0) is 6.61 Å². The Bertz CT molecular complexity index is 2690.